The minimum absolute atomic E-state index is 0.160. The number of aryl methyl sites for hydroxylation is 1. The van der Waals surface area contributed by atoms with Crippen LogP contribution in [0.5, 0.6) is 5.75 Å². The van der Waals surface area contributed by atoms with Crippen molar-refractivity contribution in [1.29, 1.82) is 0 Å². The Morgan fingerprint density at radius 3 is 2.96 bits per heavy atom. The van der Waals surface area contributed by atoms with E-state index in [1.165, 1.54) is 4.90 Å². The number of allylic oxidation sites excluding steroid dienone is 1. The Bertz CT molecular complexity index is 844. The van der Waals surface area contributed by atoms with Gasteiger partial charge in [0.15, 0.2) is 11.4 Å². The van der Waals surface area contributed by atoms with Crippen molar-refractivity contribution in [2.24, 2.45) is 0 Å². The molecular weight excluding hydrogens is 350 g/mol. The van der Waals surface area contributed by atoms with Gasteiger partial charge in [0.25, 0.3) is 11.1 Å². The van der Waals surface area contributed by atoms with Crippen LogP contribution in [0.15, 0.2) is 35.5 Å². The van der Waals surface area contributed by atoms with Crippen molar-refractivity contribution < 1.29 is 14.3 Å². The Labute approximate surface area is 157 Å². The van der Waals surface area contributed by atoms with Gasteiger partial charge in [0.1, 0.15) is 0 Å². The first-order chi connectivity index (χ1) is 12.6. The summed E-state index contributed by atoms with van der Waals surface area (Å²) in [7, 11) is 0. The first kappa shape index (κ1) is 18.5. The van der Waals surface area contributed by atoms with Gasteiger partial charge in [0.05, 0.1) is 17.2 Å². The molecule has 0 bridgehead atoms. The number of imidazole rings is 1. The third-order valence-electron chi connectivity index (χ3n) is 4.09. The van der Waals surface area contributed by atoms with E-state index in [4.69, 9.17) is 4.74 Å². The van der Waals surface area contributed by atoms with E-state index in [2.05, 4.69) is 4.98 Å². The van der Waals surface area contributed by atoms with Crippen molar-refractivity contribution in [3.63, 3.8) is 0 Å². The molecule has 2 aromatic heterocycles. The molecule has 0 radical (unpaired) electrons. The second kappa shape index (κ2) is 8.40. The van der Waals surface area contributed by atoms with Crippen LogP contribution < -0.4 is 4.74 Å². The van der Waals surface area contributed by atoms with Crippen LogP contribution in [0.4, 0.5) is 4.79 Å². The summed E-state index contributed by atoms with van der Waals surface area (Å²) in [6.07, 6.45) is 9.02. The summed E-state index contributed by atoms with van der Waals surface area (Å²) in [6, 6.07) is 3.82. The van der Waals surface area contributed by atoms with E-state index >= 15 is 0 Å². The molecule has 1 aliphatic rings. The number of carbonyl (C=O) groups excluding carboxylic acids is 2. The number of nitrogens with zero attached hydrogens (tertiary/aromatic N) is 3. The zero-order chi connectivity index (χ0) is 18.5. The number of imide groups is 1. The fourth-order valence-corrected chi connectivity index (χ4v) is 3.65. The lowest BCUT2D eigenvalue weighted by molar-refractivity contribution is -0.122. The maximum atomic E-state index is 12.2. The highest BCUT2D eigenvalue weighted by atomic mass is 32.2. The minimum atomic E-state index is -0.170. The number of amides is 2. The van der Waals surface area contributed by atoms with Crippen molar-refractivity contribution in [2.75, 3.05) is 13.2 Å². The topological polar surface area (TPSA) is 63.9 Å². The summed E-state index contributed by atoms with van der Waals surface area (Å²) in [5, 5.41) is -0.170. The average molecular weight is 373 g/mol. The standard InChI is InChI=1S/C19H23N3O3S/c1-3-4-9-16-18(23)22(19(24)26-16)11-5-6-12-25-15-8-7-10-21-13-14(2)20-17(15)21/h7-10,13H,3-6,11-12H2,1-2H3. The number of fused-ring (bicyclic) bond motifs is 1. The van der Waals surface area contributed by atoms with Gasteiger partial charge in [-0.15, -0.1) is 0 Å². The van der Waals surface area contributed by atoms with Gasteiger partial charge in [-0.25, -0.2) is 4.98 Å². The van der Waals surface area contributed by atoms with Gasteiger partial charge in [-0.3, -0.25) is 14.5 Å². The van der Waals surface area contributed by atoms with Crippen molar-refractivity contribution in [1.82, 2.24) is 14.3 Å². The zero-order valence-electron chi connectivity index (χ0n) is 15.1. The summed E-state index contributed by atoms with van der Waals surface area (Å²) in [6.45, 7) is 4.95. The molecule has 0 aliphatic carbocycles. The van der Waals surface area contributed by atoms with Crippen molar-refractivity contribution in [3.05, 3.63) is 41.2 Å². The summed E-state index contributed by atoms with van der Waals surface area (Å²) in [4.78, 5) is 30.6. The smallest absolute Gasteiger partial charge is 0.293 e. The zero-order valence-corrected chi connectivity index (χ0v) is 15.9. The molecule has 138 valence electrons. The number of thioether (sulfide) groups is 1. The molecule has 3 heterocycles. The normalized spacial score (nSPS) is 16.2. The van der Waals surface area contributed by atoms with Crippen LogP contribution in [0.25, 0.3) is 5.65 Å². The molecule has 0 N–H and O–H groups in total. The molecule has 0 atom stereocenters. The van der Waals surface area contributed by atoms with E-state index in [-0.39, 0.29) is 11.1 Å². The van der Waals surface area contributed by atoms with Crippen LogP contribution in [0.2, 0.25) is 0 Å². The van der Waals surface area contributed by atoms with Crippen LogP contribution in [0, 0.1) is 6.92 Å². The lowest BCUT2D eigenvalue weighted by Crippen LogP contribution is -2.29. The predicted octanol–water partition coefficient (Wildman–Crippen LogP) is 4.18. The minimum Gasteiger partial charge on any atom is -0.490 e. The molecule has 2 amide bonds. The monoisotopic (exact) mass is 373 g/mol. The highest BCUT2D eigenvalue weighted by Crippen LogP contribution is 2.31. The van der Waals surface area contributed by atoms with E-state index in [9.17, 15) is 9.59 Å². The molecule has 0 aromatic carbocycles. The molecule has 2 aromatic rings. The summed E-state index contributed by atoms with van der Waals surface area (Å²) < 4.78 is 7.78. The maximum Gasteiger partial charge on any atom is 0.293 e. The average Bonchev–Trinajstić information content (AvgIpc) is 3.13. The van der Waals surface area contributed by atoms with Gasteiger partial charge in [0.2, 0.25) is 0 Å². The first-order valence-electron chi connectivity index (χ1n) is 8.91. The van der Waals surface area contributed by atoms with E-state index in [0.717, 1.165) is 54.5 Å². The molecule has 1 fully saturated rings. The van der Waals surface area contributed by atoms with Crippen molar-refractivity contribution in [3.8, 4) is 5.75 Å². The summed E-state index contributed by atoms with van der Waals surface area (Å²) >= 11 is 1.04. The molecule has 26 heavy (non-hydrogen) atoms. The highest BCUT2D eigenvalue weighted by molar-refractivity contribution is 8.18. The van der Waals surface area contributed by atoms with Crippen molar-refractivity contribution >= 4 is 28.6 Å². The molecule has 3 rings (SSSR count). The molecule has 1 saturated heterocycles. The lowest BCUT2D eigenvalue weighted by Gasteiger charge is -2.12. The fourth-order valence-electron chi connectivity index (χ4n) is 2.78. The number of unbranched alkanes of at least 4 members (excludes halogenated alkanes) is 2. The summed E-state index contributed by atoms with van der Waals surface area (Å²) in [5.74, 6) is 0.585. The molecule has 0 saturated carbocycles. The van der Waals surface area contributed by atoms with Crippen LogP contribution >= 0.6 is 11.8 Å². The third kappa shape index (κ3) is 4.09. The predicted molar refractivity (Wildman–Crippen MR) is 102 cm³/mol. The van der Waals surface area contributed by atoms with Crippen LogP contribution in [-0.2, 0) is 4.79 Å². The van der Waals surface area contributed by atoms with Crippen molar-refractivity contribution in [2.45, 2.75) is 39.5 Å². The Morgan fingerprint density at radius 1 is 1.31 bits per heavy atom. The number of ether oxygens (including phenoxy) is 1. The van der Waals surface area contributed by atoms with Gasteiger partial charge < -0.3 is 9.14 Å². The van der Waals surface area contributed by atoms with E-state index in [0.29, 0.717) is 18.1 Å². The van der Waals surface area contributed by atoms with Gasteiger partial charge in [-0.05, 0) is 50.1 Å². The molecule has 6 nitrogen and oxygen atoms in total. The van der Waals surface area contributed by atoms with Gasteiger partial charge in [-0.1, -0.05) is 19.4 Å². The van der Waals surface area contributed by atoms with Gasteiger partial charge in [-0.2, -0.15) is 0 Å². The lowest BCUT2D eigenvalue weighted by atomic mass is 10.3. The number of rotatable bonds is 8. The van der Waals surface area contributed by atoms with E-state index < -0.39 is 0 Å². The molecule has 7 heteroatoms. The Morgan fingerprint density at radius 2 is 2.15 bits per heavy atom. The van der Waals surface area contributed by atoms with Crippen LogP contribution in [0.1, 0.15) is 38.3 Å². The summed E-state index contributed by atoms with van der Waals surface area (Å²) in [5.41, 5.74) is 1.74. The quantitative estimate of drug-likeness (QED) is 0.513. The number of hydrogen-bond acceptors (Lipinski definition) is 5. The second-order valence-electron chi connectivity index (χ2n) is 6.22. The number of carbonyl (C=O) groups is 2. The first-order valence-corrected chi connectivity index (χ1v) is 9.72. The SMILES string of the molecule is CCCC=C1SC(=O)N(CCCCOc2cccn3cc(C)nc23)C1=O. The van der Waals surface area contributed by atoms with E-state index in [1.807, 2.05) is 48.9 Å². The number of pyridine rings is 1. The highest BCUT2D eigenvalue weighted by Gasteiger charge is 2.34. The maximum absolute atomic E-state index is 12.2. The van der Waals surface area contributed by atoms with Gasteiger partial charge in [0, 0.05) is 18.9 Å². The molecule has 0 spiro atoms. The van der Waals surface area contributed by atoms with Crippen LogP contribution in [-0.4, -0.2) is 38.6 Å². The number of aromatic nitrogens is 2. The second-order valence-corrected chi connectivity index (χ2v) is 7.22. The number of hydrogen-bond donors (Lipinski definition) is 0. The third-order valence-corrected chi connectivity index (χ3v) is 5.05. The Hall–Kier alpha value is -2.28. The molecule has 1 aliphatic heterocycles. The van der Waals surface area contributed by atoms with E-state index in [1.54, 1.807) is 0 Å². The fraction of sp³-hybridized carbons (Fsp3) is 0.421. The van der Waals surface area contributed by atoms with Crippen LogP contribution in [0.3, 0.4) is 0 Å². The molecular formula is C19H23N3O3S. The Balaban J connectivity index is 1.47. The molecule has 0 unspecified atom stereocenters. The van der Waals surface area contributed by atoms with Gasteiger partial charge >= 0.3 is 0 Å². The Kier molecular flexibility index (Phi) is 5.98. The largest absolute Gasteiger partial charge is 0.490 e.